The van der Waals surface area contributed by atoms with E-state index < -0.39 is 6.10 Å². The molecule has 0 radical (unpaired) electrons. The molecule has 0 spiro atoms. The van der Waals surface area contributed by atoms with Crippen molar-refractivity contribution in [3.63, 3.8) is 0 Å². The van der Waals surface area contributed by atoms with Crippen LogP contribution >= 0.6 is 0 Å². The molecule has 5 heteroatoms. The van der Waals surface area contributed by atoms with Crippen molar-refractivity contribution in [2.75, 3.05) is 13.6 Å². The van der Waals surface area contributed by atoms with Crippen molar-refractivity contribution in [2.24, 2.45) is 11.8 Å². The first-order chi connectivity index (χ1) is 10.5. The lowest BCUT2D eigenvalue weighted by molar-refractivity contribution is 0.112. The van der Waals surface area contributed by atoms with Crippen LogP contribution in [0, 0.1) is 17.7 Å². The normalized spacial score (nSPS) is 20.3. The van der Waals surface area contributed by atoms with Gasteiger partial charge >= 0.3 is 6.03 Å². The number of amides is 2. The van der Waals surface area contributed by atoms with Gasteiger partial charge in [0.15, 0.2) is 0 Å². The van der Waals surface area contributed by atoms with Gasteiger partial charge in [0.1, 0.15) is 5.82 Å². The van der Waals surface area contributed by atoms with Crippen LogP contribution in [0.2, 0.25) is 0 Å². The van der Waals surface area contributed by atoms with E-state index in [0.717, 1.165) is 31.2 Å². The minimum atomic E-state index is -0.430. The van der Waals surface area contributed by atoms with E-state index in [4.69, 9.17) is 0 Å². The van der Waals surface area contributed by atoms with Crippen LogP contribution in [-0.2, 0) is 0 Å². The number of carbonyl (C=O) groups excluding carboxylic acids is 1. The predicted octanol–water partition coefficient (Wildman–Crippen LogP) is 2.69. The number of benzene rings is 1. The summed E-state index contributed by atoms with van der Waals surface area (Å²) in [6.07, 6.45) is 3.84. The molecule has 2 N–H and O–H groups in total. The van der Waals surface area contributed by atoms with Crippen molar-refractivity contribution in [3.05, 3.63) is 35.6 Å². The van der Waals surface area contributed by atoms with E-state index in [9.17, 15) is 14.3 Å². The summed E-state index contributed by atoms with van der Waals surface area (Å²) in [6, 6.07) is 6.07. The molecule has 1 aromatic carbocycles. The molecule has 0 aromatic heterocycles. The van der Waals surface area contributed by atoms with Gasteiger partial charge in [0.05, 0.1) is 12.1 Å². The van der Waals surface area contributed by atoms with Crippen LogP contribution in [0.4, 0.5) is 9.18 Å². The van der Waals surface area contributed by atoms with E-state index in [-0.39, 0.29) is 17.9 Å². The zero-order valence-electron chi connectivity index (χ0n) is 12.8. The molecule has 1 aromatic rings. The Morgan fingerprint density at radius 3 is 2.41 bits per heavy atom. The fourth-order valence-corrected chi connectivity index (χ4v) is 2.81. The zero-order valence-corrected chi connectivity index (χ0v) is 12.8. The number of aliphatic hydroxyl groups excluding tert-OH is 1. The number of halogens is 1. The maximum Gasteiger partial charge on any atom is 0.317 e. The van der Waals surface area contributed by atoms with Crippen molar-refractivity contribution in [2.45, 2.75) is 37.8 Å². The number of carbonyl (C=O) groups is 1. The van der Waals surface area contributed by atoms with Gasteiger partial charge in [-0.15, -0.1) is 0 Å². The highest BCUT2D eigenvalue weighted by atomic mass is 19.1. The minimum absolute atomic E-state index is 0.0754. The van der Waals surface area contributed by atoms with E-state index >= 15 is 0 Å². The highest BCUT2D eigenvalue weighted by Gasteiger charge is 2.35. The largest absolute Gasteiger partial charge is 0.391 e. The topological polar surface area (TPSA) is 52.6 Å². The standard InChI is InChI=1S/C17H23FN2O2/c1-20(10-15(21)11-2-3-11)17(22)19-16(12-4-5-12)13-6-8-14(18)9-7-13/h6-9,11-12,15-16,21H,2-5,10H2,1H3,(H,19,22)/t15-,16+/m0/s1. The van der Waals surface area contributed by atoms with Crippen LogP contribution in [0.25, 0.3) is 0 Å². The number of rotatable bonds is 6. The summed E-state index contributed by atoms with van der Waals surface area (Å²) in [6.45, 7) is 0.358. The second-order valence-electron chi connectivity index (χ2n) is 6.60. The van der Waals surface area contributed by atoms with Gasteiger partial charge < -0.3 is 15.3 Å². The summed E-state index contributed by atoms with van der Waals surface area (Å²) >= 11 is 0. The Balaban J connectivity index is 1.60. The van der Waals surface area contributed by atoms with Crippen molar-refractivity contribution >= 4 is 6.03 Å². The van der Waals surface area contributed by atoms with Crippen LogP contribution in [0.15, 0.2) is 24.3 Å². The number of nitrogens with zero attached hydrogens (tertiary/aromatic N) is 1. The van der Waals surface area contributed by atoms with E-state index in [1.54, 1.807) is 24.1 Å². The smallest absolute Gasteiger partial charge is 0.317 e. The van der Waals surface area contributed by atoms with Gasteiger partial charge in [0.2, 0.25) is 0 Å². The second kappa shape index (κ2) is 6.24. The molecule has 2 aliphatic carbocycles. The lowest BCUT2D eigenvalue weighted by Crippen LogP contribution is -2.43. The Morgan fingerprint density at radius 2 is 1.86 bits per heavy atom. The second-order valence-corrected chi connectivity index (χ2v) is 6.60. The van der Waals surface area contributed by atoms with Gasteiger partial charge in [-0.05, 0) is 55.2 Å². The average molecular weight is 306 g/mol. The van der Waals surface area contributed by atoms with Crippen molar-refractivity contribution in [3.8, 4) is 0 Å². The predicted molar refractivity (Wildman–Crippen MR) is 81.8 cm³/mol. The van der Waals surface area contributed by atoms with Crippen LogP contribution in [0.1, 0.15) is 37.3 Å². The molecule has 2 amide bonds. The average Bonchev–Trinajstić information content (AvgIpc) is 3.38. The molecule has 0 bridgehead atoms. The molecule has 4 nitrogen and oxygen atoms in total. The summed E-state index contributed by atoms with van der Waals surface area (Å²) in [5.74, 6) is 0.511. The van der Waals surface area contributed by atoms with Crippen LogP contribution in [-0.4, -0.2) is 35.7 Å². The maximum absolute atomic E-state index is 13.1. The van der Waals surface area contributed by atoms with E-state index in [2.05, 4.69) is 5.32 Å². The fraction of sp³-hybridized carbons (Fsp3) is 0.588. The van der Waals surface area contributed by atoms with Crippen molar-refractivity contribution < 1.29 is 14.3 Å². The number of likely N-dealkylation sites (N-methyl/N-ethyl adjacent to an activating group) is 1. The molecule has 2 atom stereocenters. The third kappa shape index (κ3) is 3.77. The molecular formula is C17H23FN2O2. The summed E-state index contributed by atoms with van der Waals surface area (Å²) in [4.78, 5) is 13.9. The summed E-state index contributed by atoms with van der Waals surface area (Å²) in [5.41, 5.74) is 0.938. The van der Waals surface area contributed by atoms with Crippen molar-refractivity contribution in [1.82, 2.24) is 10.2 Å². The van der Waals surface area contributed by atoms with Gasteiger partial charge in [-0.3, -0.25) is 0 Å². The molecule has 2 fully saturated rings. The molecule has 0 saturated heterocycles. The van der Waals surface area contributed by atoms with Crippen LogP contribution in [0.5, 0.6) is 0 Å². The lowest BCUT2D eigenvalue weighted by Gasteiger charge is -2.25. The highest BCUT2D eigenvalue weighted by Crippen LogP contribution is 2.41. The number of aliphatic hydroxyl groups is 1. The number of hydrogen-bond acceptors (Lipinski definition) is 2. The molecule has 3 rings (SSSR count). The fourth-order valence-electron chi connectivity index (χ4n) is 2.81. The molecule has 0 aliphatic heterocycles. The molecule has 2 aliphatic rings. The van der Waals surface area contributed by atoms with E-state index in [0.29, 0.717) is 18.4 Å². The van der Waals surface area contributed by atoms with E-state index in [1.165, 1.54) is 12.1 Å². The minimum Gasteiger partial charge on any atom is -0.391 e. The summed E-state index contributed by atoms with van der Waals surface area (Å²) < 4.78 is 13.1. The van der Waals surface area contributed by atoms with Crippen LogP contribution in [0.3, 0.4) is 0 Å². The Kier molecular flexibility index (Phi) is 4.34. The monoisotopic (exact) mass is 306 g/mol. The molecule has 22 heavy (non-hydrogen) atoms. The molecule has 120 valence electrons. The molecule has 2 saturated carbocycles. The summed E-state index contributed by atoms with van der Waals surface area (Å²) in [7, 11) is 1.70. The van der Waals surface area contributed by atoms with Gasteiger partial charge in [-0.25, -0.2) is 9.18 Å². The Bertz CT molecular complexity index is 526. The third-order valence-electron chi connectivity index (χ3n) is 4.58. The highest BCUT2D eigenvalue weighted by molar-refractivity contribution is 5.74. The zero-order chi connectivity index (χ0) is 15.7. The lowest BCUT2D eigenvalue weighted by atomic mass is 10.0. The first-order valence-corrected chi connectivity index (χ1v) is 7.99. The SMILES string of the molecule is CN(C[C@H](O)C1CC1)C(=O)N[C@@H](c1ccc(F)cc1)C1CC1. The van der Waals surface area contributed by atoms with Gasteiger partial charge in [-0.2, -0.15) is 0 Å². The number of hydrogen-bond donors (Lipinski definition) is 2. The first kappa shape index (κ1) is 15.3. The third-order valence-corrected chi connectivity index (χ3v) is 4.58. The number of nitrogens with one attached hydrogen (secondary N) is 1. The quantitative estimate of drug-likeness (QED) is 0.849. The molecular weight excluding hydrogens is 283 g/mol. The maximum atomic E-state index is 13.1. The molecule has 0 unspecified atom stereocenters. The van der Waals surface area contributed by atoms with Gasteiger partial charge in [0, 0.05) is 13.6 Å². The number of urea groups is 1. The van der Waals surface area contributed by atoms with Crippen molar-refractivity contribution in [1.29, 1.82) is 0 Å². The van der Waals surface area contributed by atoms with Gasteiger partial charge in [-0.1, -0.05) is 12.1 Å². The Labute approximate surface area is 130 Å². The summed E-state index contributed by atoms with van der Waals surface area (Å²) in [5, 5.41) is 13.0. The van der Waals surface area contributed by atoms with E-state index in [1.807, 2.05) is 0 Å². The Hall–Kier alpha value is -1.62. The van der Waals surface area contributed by atoms with Crippen LogP contribution < -0.4 is 5.32 Å². The Morgan fingerprint density at radius 1 is 1.27 bits per heavy atom. The van der Waals surface area contributed by atoms with Gasteiger partial charge in [0.25, 0.3) is 0 Å². The first-order valence-electron chi connectivity index (χ1n) is 7.99. The molecule has 0 heterocycles.